The monoisotopic (exact) mass is 764 g/mol. The molecule has 0 fully saturated rings. The average molecular weight is 765 g/mol. The summed E-state index contributed by atoms with van der Waals surface area (Å²) >= 11 is 0. The van der Waals surface area contributed by atoms with Gasteiger partial charge in [-0.25, -0.2) is 4.79 Å². The molecule has 18 heteroatoms. The van der Waals surface area contributed by atoms with Gasteiger partial charge in [-0.2, -0.15) is 0 Å². The van der Waals surface area contributed by atoms with Gasteiger partial charge in [-0.1, -0.05) is 74.5 Å². The zero-order valence-electron chi connectivity index (χ0n) is 31.1. The highest BCUT2D eigenvalue weighted by atomic mass is 16.4. The number of carbonyl (C=O) groups is 9. The van der Waals surface area contributed by atoms with Crippen molar-refractivity contribution in [2.45, 2.75) is 77.3 Å². The van der Waals surface area contributed by atoms with Gasteiger partial charge in [0.1, 0.15) is 36.3 Å². The molecule has 0 unspecified atom stereocenters. The lowest BCUT2D eigenvalue weighted by Crippen LogP contribution is -2.55. The summed E-state index contributed by atoms with van der Waals surface area (Å²) in [6, 6.07) is 9.73. The molecule has 8 amide bonds. The number of rotatable bonds is 20. The largest absolute Gasteiger partial charge is 0.480 e. The second-order valence-electron chi connectivity index (χ2n) is 12.9. The van der Waals surface area contributed by atoms with Gasteiger partial charge in [0.05, 0.1) is 6.54 Å². The molecule has 0 bridgehead atoms. The van der Waals surface area contributed by atoms with Gasteiger partial charge in [0.25, 0.3) is 0 Å². The quantitative estimate of drug-likeness (QED) is 0.0702. The minimum atomic E-state index is -1.30. The van der Waals surface area contributed by atoms with Crippen LogP contribution >= 0.6 is 0 Å². The Morgan fingerprint density at radius 2 is 1.11 bits per heavy atom. The van der Waals surface area contributed by atoms with Crippen molar-refractivity contribution in [3.63, 3.8) is 0 Å². The van der Waals surface area contributed by atoms with E-state index in [1.54, 1.807) is 74.5 Å². The number of hydrogen-bond acceptors (Lipinski definition) is 9. The Labute approximate surface area is 317 Å². The van der Waals surface area contributed by atoms with Gasteiger partial charge in [0.2, 0.25) is 47.3 Å². The van der Waals surface area contributed by atoms with Crippen LogP contribution in [0.4, 0.5) is 0 Å². The van der Waals surface area contributed by atoms with Crippen molar-refractivity contribution in [2.75, 3.05) is 6.54 Å². The Balaban J connectivity index is 1.90. The van der Waals surface area contributed by atoms with Crippen molar-refractivity contribution in [1.82, 2.24) is 37.2 Å². The molecule has 0 radical (unpaired) electrons. The molecule has 2 rings (SSSR count). The first kappa shape index (κ1) is 44.6. The van der Waals surface area contributed by atoms with E-state index in [0.29, 0.717) is 11.1 Å². The van der Waals surface area contributed by atoms with E-state index in [1.807, 2.05) is 0 Å². The third-order valence-corrected chi connectivity index (χ3v) is 7.93. The number of carboxylic acid groups (broad SMARTS) is 1. The fourth-order valence-corrected chi connectivity index (χ4v) is 4.84. The first-order chi connectivity index (χ1) is 25.9. The minimum absolute atomic E-state index is 0.0263. The number of hydrogen-bond donors (Lipinski definition) is 9. The molecule has 55 heavy (non-hydrogen) atoms. The van der Waals surface area contributed by atoms with Gasteiger partial charge in [0.15, 0.2) is 0 Å². The van der Waals surface area contributed by atoms with E-state index >= 15 is 0 Å². The van der Waals surface area contributed by atoms with Crippen LogP contribution in [0.25, 0.3) is 0 Å². The summed E-state index contributed by atoms with van der Waals surface area (Å²) in [6.07, 6.45) is 1.65. The fraction of sp³-hybridized carbons (Fsp3) is 0.378. The molecule has 0 saturated carbocycles. The van der Waals surface area contributed by atoms with Gasteiger partial charge < -0.3 is 48.1 Å². The third kappa shape index (κ3) is 15.5. The van der Waals surface area contributed by atoms with Crippen molar-refractivity contribution in [2.24, 2.45) is 11.7 Å². The number of nitrogens with one attached hydrogen (secondary N) is 7. The molecule has 2 aromatic carbocycles. The molecule has 2 aromatic rings. The van der Waals surface area contributed by atoms with Crippen LogP contribution in [-0.2, 0) is 49.6 Å². The SMILES string of the molecule is CC(C)[C@H](NC(=O)[C@H](C)NC(=O)[C@@H](NC(=O)[C@H](C)NC(=O)/C=C/C(=O)N[C@@H](C)C(=O)NCC(=O)N[C@@H](Cc1ccccc1)C(=O)O)c1ccccc1)C(N)=O. The molecular weight excluding hydrogens is 716 g/mol. The lowest BCUT2D eigenvalue weighted by molar-refractivity contribution is -0.141. The predicted octanol–water partition coefficient (Wildman–Crippen LogP) is -1.53. The van der Waals surface area contributed by atoms with Crippen LogP contribution in [0.5, 0.6) is 0 Å². The summed E-state index contributed by atoms with van der Waals surface area (Å²) in [7, 11) is 0. The molecule has 296 valence electrons. The van der Waals surface area contributed by atoms with Crippen LogP contribution in [0.3, 0.4) is 0 Å². The van der Waals surface area contributed by atoms with Crippen LogP contribution in [-0.4, -0.2) is 95.1 Å². The molecule has 0 saturated heterocycles. The highest BCUT2D eigenvalue weighted by molar-refractivity contribution is 6.01. The summed E-state index contributed by atoms with van der Waals surface area (Å²) in [5.74, 6) is -7.79. The molecule has 0 spiro atoms. The Morgan fingerprint density at radius 3 is 1.62 bits per heavy atom. The molecule has 10 N–H and O–H groups in total. The lowest BCUT2D eigenvalue weighted by Gasteiger charge is -2.25. The Morgan fingerprint density at radius 1 is 0.618 bits per heavy atom. The van der Waals surface area contributed by atoms with Gasteiger partial charge >= 0.3 is 5.97 Å². The lowest BCUT2D eigenvalue weighted by atomic mass is 10.0. The number of primary amides is 1. The number of nitrogens with two attached hydrogens (primary N) is 1. The van der Waals surface area contributed by atoms with Gasteiger partial charge in [-0.15, -0.1) is 0 Å². The zero-order chi connectivity index (χ0) is 41.2. The van der Waals surface area contributed by atoms with E-state index in [0.717, 1.165) is 12.2 Å². The number of aliphatic carboxylic acids is 1. The topological polar surface area (TPSA) is 284 Å². The second kappa shape index (κ2) is 21.8. The third-order valence-electron chi connectivity index (χ3n) is 7.93. The number of carboxylic acids is 1. The molecule has 0 heterocycles. The van der Waals surface area contributed by atoms with Crippen LogP contribution < -0.4 is 43.0 Å². The Kier molecular flexibility index (Phi) is 17.7. The van der Waals surface area contributed by atoms with Crippen molar-refractivity contribution >= 4 is 53.2 Å². The minimum Gasteiger partial charge on any atom is -0.480 e. The van der Waals surface area contributed by atoms with Crippen LogP contribution in [0, 0.1) is 5.92 Å². The van der Waals surface area contributed by atoms with Gasteiger partial charge in [-0.3, -0.25) is 38.4 Å². The Hall–Kier alpha value is -6.59. The molecule has 6 atom stereocenters. The standard InChI is InChI=1S/C37H48N8O10/c1-20(2)30(32(38)49)44-35(52)23(5)42-36(53)31(25-14-10-7-11-15-25)45-34(51)22(4)41-28(47)17-16-27(46)40-21(3)33(50)39-19-29(48)43-26(37(54)55)18-24-12-8-6-9-13-24/h6-17,20-23,26,30-31H,18-19H2,1-5H3,(H2,38,49)(H,39,50)(H,40,46)(H,41,47)(H,42,53)(H,43,48)(H,44,52)(H,45,51)(H,54,55)/b17-16+/t21-,22-,23-,26-,30-,31-/m0/s1. The highest BCUT2D eigenvalue weighted by Gasteiger charge is 2.30. The summed E-state index contributed by atoms with van der Waals surface area (Å²) < 4.78 is 0. The highest BCUT2D eigenvalue weighted by Crippen LogP contribution is 2.14. The number of benzene rings is 2. The molecular formula is C37H48N8O10. The summed E-state index contributed by atoms with van der Waals surface area (Å²) in [5, 5.41) is 26.3. The van der Waals surface area contributed by atoms with E-state index < -0.39 is 96.0 Å². The van der Waals surface area contributed by atoms with E-state index in [2.05, 4.69) is 37.2 Å². The number of amides is 8. The smallest absolute Gasteiger partial charge is 0.326 e. The first-order valence-corrected chi connectivity index (χ1v) is 17.3. The van der Waals surface area contributed by atoms with E-state index in [4.69, 9.17) is 5.73 Å². The molecule has 0 aliphatic heterocycles. The van der Waals surface area contributed by atoms with Crippen LogP contribution in [0.15, 0.2) is 72.8 Å². The molecule has 0 aliphatic carbocycles. The predicted molar refractivity (Wildman–Crippen MR) is 198 cm³/mol. The number of carbonyl (C=O) groups excluding carboxylic acids is 8. The fourth-order valence-electron chi connectivity index (χ4n) is 4.84. The maximum atomic E-state index is 13.3. The van der Waals surface area contributed by atoms with Crippen LogP contribution in [0.1, 0.15) is 51.8 Å². The zero-order valence-corrected chi connectivity index (χ0v) is 31.1. The normalized spacial score (nSPS) is 14.1. The van der Waals surface area contributed by atoms with Gasteiger partial charge in [-0.05, 0) is 37.8 Å². The maximum absolute atomic E-state index is 13.3. The summed E-state index contributed by atoms with van der Waals surface area (Å²) in [5.41, 5.74) is 6.41. The van der Waals surface area contributed by atoms with Crippen molar-refractivity contribution in [3.8, 4) is 0 Å². The van der Waals surface area contributed by atoms with E-state index in [-0.39, 0.29) is 12.3 Å². The maximum Gasteiger partial charge on any atom is 0.326 e. The first-order valence-electron chi connectivity index (χ1n) is 17.3. The molecule has 0 aliphatic rings. The second-order valence-corrected chi connectivity index (χ2v) is 12.9. The molecule has 0 aromatic heterocycles. The van der Waals surface area contributed by atoms with E-state index in [9.17, 15) is 48.3 Å². The molecule has 18 nitrogen and oxygen atoms in total. The van der Waals surface area contributed by atoms with Crippen LogP contribution in [0.2, 0.25) is 0 Å². The average Bonchev–Trinajstić information content (AvgIpc) is 3.13. The summed E-state index contributed by atoms with van der Waals surface area (Å²) in [4.78, 5) is 112. The van der Waals surface area contributed by atoms with Crippen molar-refractivity contribution in [1.29, 1.82) is 0 Å². The Bertz CT molecular complexity index is 1740. The van der Waals surface area contributed by atoms with Crippen molar-refractivity contribution in [3.05, 3.63) is 83.9 Å². The summed E-state index contributed by atoms with van der Waals surface area (Å²) in [6.45, 7) is 6.85. The van der Waals surface area contributed by atoms with E-state index in [1.165, 1.54) is 20.8 Å². The van der Waals surface area contributed by atoms with Crippen molar-refractivity contribution < 1.29 is 48.3 Å². The van der Waals surface area contributed by atoms with Gasteiger partial charge in [0, 0.05) is 18.6 Å².